The van der Waals surface area contributed by atoms with E-state index in [2.05, 4.69) is 0 Å². The minimum Gasteiger partial charge on any atom is -0.328 e. The Balaban J connectivity index is 1.86. The van der Waals surface area contributed by atoms with E-state index in [1.54, 1.807) is 0 Å². The van der Waals surface area contributed by atoms with Crippen molar-refractivity contribution in [3.63, 3.8) is 0 Å². The lowest BCUT2D eigenvalue weighted by atomic mass is 9.80. The van der Waals surface area contributed by atoms with Crippen LogP contribution >= 0.6 is 0 Å². The van der Waals surface area contributed by atoms with Crippen LogP contribution in [0.2, 0.25) is 0 Å². The van der Waals surface area contributed by atoms with Gasteiger partial charge in [-0.05, 0) is 31.1 Å². The highest BCUT2D eigenvalue weighted by Gasteiger charge is 2.45. The molecule has 1 unspecified atom stereocenters. The Hall–Kier alpha value is -0.110. The molecule has 2 fully saturated rings. The summed E-state index contributed by atoms with van der Waals surface area (Å²) in [5, 5.41) is 0. The smallest absolute Gasteiger partial charge is 0.126 e. The fourth-order valence-corrected chi connectivity index (χ4v) is 2.89. The molecule has 0 saturated heterocycles. The van der Waals surface area contributed by atoms with Crippen LogP contribution < -0.4 is 5.73 Å². The molecule has 2 aliphatic rings. The van der Waals surface area contributed by atoms with Crippen molar-refractivity contribution in [2.24, 2.45) is 17.6 Å². The van der Waals surface area contributed by atoms with Crippen LogP contribution in [0.1, 0.15) is 51.4 Å². The van der Waals surface area contributed by atoms with Crippen LogP contribution in [0.4, 0.5) is 4.39 Å². The second-order valence-corrected chi connectivity index (χ2v) is 5.22. The van der Waals surface area contributed by atoms with Crippen molar-refractivity contribution >= 4 is 0 Å². The second kappa shape index (κ2) is 4.18. The van der Waals surface area contributed by atoms with Crippen LogP contribution in [0.5, 0.6) is 0 Å². The number of nitrogens with two attached hydrogens (primary N) is 1. The molecule has 0 heterocycles. The summed E-state index contributed by atoms with van der Waals surface area (Å²) in [4.78, 5) is 0. The van der Waals surface area contributed by atoms with Gasteiger partial charge in [-0.15, -0.1) is 0 Å². The molecule has 0 aromatic rings. The molecule has 2 rings (SSSR count). The Morgan fingerprint density at radius 1 is 1.07 bits per heavy atom. The summed E-state index contributed by atoms with van der Waals surface area (Å²) < 4.78 is 14.4. The summed E-state index contributed by atoms with van der Waals surface area (Å²) in [7, 11) is 0. The number of rotatable bonds is 4. The van der Waals surface area contributed by atoms with Gasteiger partial charge in [0.1, 0.15) is 5.67 Å². The average molecular weight is 199 g/mol. The highest BCUT2D eigenvalue weighted by atomic mass is 19.1. The molecule has 0 bridgehead atoms. The SMILES string of the molecule is NCC(F)(CC1CCCCC1)C1CC1. The van der Waals surface area contributed by atoms with Crippen molar-refractivity contribution in [2.75, 3.05) is 6.54 Å². The molecule has 0 aromatic carbocycles. The first-order valence-corrected chi connectivity index (χ1v) is 6.13. The lowest BCUT2D eigenvalue weighted by molar-refractivity contribution is 0.0936. The number of halogens is 1. The zero-order valence-corrected chi connectivity index (χ0v) is 8.97. The fraction of sp³-hybridized carbons (Fsp3) is 1.00. The summed E-state index contributed by atoms with van der Waals surface area (Å²) in [5.41, 5.74) is 4.58. The first kappa shape index (κ1) is 10.4. The molecule has 0 aromatic heterocycles. The van der Waals surface area contributed by atoms with Gasteiger partial charge >= 0.3 is 0 Å². The maximum Gasteiger partial charge on any atom is 0.126 e. The largest absolute Gasteiger partial charge is 0.328 e. The van der Waals surface area contributed by atoms with Gasteiger partial charge in [0, 0.05) is 6.54 Å². The Labute approximate surface area is 86.2 Å². The highest BCUT2D eigenvalue weighted by molar-refractivity contribution is 4.97. The second-order valence-electron chi connectivity index (χ2n) is 5.22. The molecule has 0 amide bonds. The Bertz CT molecular complexity index is 185. The van der Waals surface area contributed by atoms with Gasteiger partial charge in [0.05, 0.1) is 0 Å². The van der Waals surface area contributed by atoms with Gasteiger partial charge in [-0.1, -0.05) is 32.1 Å². The molecule has 14 heavy (non-hydrogen) atoms. The van der Waals surface area contributed by atoms with Gasteiger partial charge in [-0.3, -0.25) is 0 Å². The van der Waals surface area contributed by atoms with E-state index in [-0.39, 0.29) is 6.54 Å². The highest BCUT2D eigenvalue weighted by Crippen LogP contribution is 2.46. The molecule has 0 radical (unpaired) electrons. The molecule has 2 aliphatic carbocycles. The zero-order chi connectivity index (χ0) is 10.0. The first-order valence-electron chi connectivity index (χ1n) is 6.13. The molecule has 2 heteroatoms. The third-order valence-corrected chi connectivity index (χ3v) is 4.00. The van der Waals surface area contributed by atoms with Crippen molar-refractivity contribution in [1.29, 1.82) is 0 Å². The van der Waals surface area contributed by atoms with Crippen molar-refractivity contribution in [3.8, 4) is 0 Å². The predicted octanol–water partition coefficient (Wildman–Crippen LogP) is 3.03. The topological polar surface area (TPSA) is 26.0 Å². The van der Waals surface area contributed by atoms with E-state index in [0.29, 0.717) is 11.8 Å². The fourth-order valence-electron chi connectivity index (χ4n) is 2.89. The summed E-state index contributed by atoms with van der Waals surface area (Å²) in [6.07, 6.45) is 9.31. The van der Waals surface area contributed by atoms with E-state index in [9.17, 15) is 4.39 Å². The van der Waals surface area contributed by atoms with Gasteiger partial charge in [-0.25, -0.2) is 4.39 Å². The van der Waals surface area contributed by atoms with Crippen molar-refractivity contribution in [1.82, 2.24) is 0 Å². The van der Waals surface area contributed by atoms with Crippen molar-refractivity contribution < 1.29 is 4.39 Å². The maximum atomic E-state index is 14.4. The minimum absolute atomic E-state index is 0.244. The Morgan fingerprint density at radius 2 is 1.71 bits per heavy atom. The molecular weight excluding hydrogens is 177 g/mol. The van der Waals surface area contributed by atoms with E-state index in [4.69, 9.17) is 5.73 Å². The molecule has 0 aliphatic heterocycles. The van der Waals surface area contributed by atoms with Gasteiger partial charge in [-0.2, -0.15) is 0 Å². The normalized spacial score (nSPS) is 28.7. The van der Waals surface area contributed by atoms with E-state index >= 15 is 0 Å². The predicted molar refractivity (Wildman–Crippen MR) is 56.8 cm³/mol. The summed E-state index contributed by atoms with van der Waals surface area (Å²) in [5.74, 6) is 0.923. The van der Waals surface area contributed by atoms with Gasteiger partial charge in [0.2, 0.25) is 0 Å². The molecule has 1 atom stereocenters. The lowest BCUT2D eigenvalue weighted by Gasteiger charge is -2.30. The van der Waals surface area contributed by atoms with Crippen LogP contribution in [-0.4, -0.2) is 12.2 Å². The van der Waals surface area contributed by atoms with Crippen LogP contribution in [-0.2, 0) is 0 Å². The molecular formula is C12H22FN. The van der Waals surface area contributed by atoms with Crippen LogP contribution in [0.15, 0.2) is 0 Å². The van der Waals surface area contributed by atoms with E-state index in [1.807, 2.05) is 0 Å². The maximum absolute atomic E-state index is 14.4. The van der Waals surface area contributed by atoms with Crippen LogP contribution in [0, 0.1) is 11.8 Å². The number of hydrogen-bond donors (Lipinski definition) is 1. The molecule has 82 valence electrons. The van der Waals surface area contributed by atoms with Crippen molar-refractivity contribution in [2.45, 2.75) is 57.0 Å². The molecule has 0 spiro atoms. The summed E-state index contributed by atoms with van der Waals surface area (Å²) >= 11 is 0. The van der Waals surface area contributed by atoms with E-state index in [0.717, 1.165) is 19.3 Å². The molecule has 1 nitrogen and oxygen atoms in total. The van der Waals surface area contributed by atoms with Gasteiger partial charge in [0.15, 0.2) is 0 Å². The van der Waals surface area contributed by atoms with E-state index in [1.165, 1.54) is 32.1 Å². The number of hydrogen-bond acceptors (Lipinski definition) is 1. The standard InChI is InChI=1S/C12H22FN/c13-12(9-14,11-6-7-11)8-10-4-2-1-3-5-10/h10-11H,1-9,14H2. The molecule has 2 saturated carbocycles. The lowest BCUT2D eigenvalue weighted by Crippen LogP contribution is -2.37. The van der Waals surface area contributed by atoms with Crippen LogP contribution in [0.3, 0.4) is 0 Å². The monoisotopic (exact) mass is 199 g/mol. The zero-order valence-electron chi connectivity index (χ0n) is 8.97. The third-order valence-electron chi connectivity index (χ3n) is 4.00. The molecule has 2 N–H and O–H groups in total. The summed E-state index contributed by atoms with van der Waals surface area (Å²) in [6.45, 7) is 0.244. The Morgan fingerprint density at radius 3 is 2.21 bits per heavy atom. The summed E-state index contributed by atoms with van der Waals surface area (Å²) in [6, 6.07) is 0. The van der Waals surface area contributed by atoms with Crippen molar-refractivity contribution in [3.05, 3.63) is 0 Å². The van der Waals surface area contributed by atoms with Gasteiger partial charge < -0.3 is 5.73 Å². The Kier molecular flexibility index (Phi) is 3.10. The van der Waals surface area contributed by atoms with Gasteiger partial charge in [0.25, 0.3) is 0 Å². The quantitative estimate of drug-likeness (QED) is 0.740. The van der Waals surface area contributed by atoms with E-state index < -0.39 is 5.67 Å². The average Bonchev–Trinajstić information content (AvgIpc) is 3.03. The van der Waals surface area contributed by atoms with Crippen LogP contribution in [0.25, 0.3) is 0 Å². The first-order chi connectivity index (χ1) is 6.74. The third kappa shape index (κ3) is 2.28. The minimum atomic E-state index is -1.01. The number of alkyl halides is 1.